The third-order valence-electron chi connectivity index (χ3n) is 5.11. The fourth-order valence-electron chi connectivity index (χ4n) is 3.61. The van der Waals surface area contributed by atoms with Crippen LogP contribution in [-0.4, -0.2) is 30.6 Å². The van der Waals surface area contributed by atoms with Crippen molar-refractivity contribution in [3.63, 3.8) is 0 Å². The number of allylic oxidation sites excluding steroid dienone is 1. The number of amides is 1. The first-order valence-corrected chi connectivity index (χ1v) is 10.6. The van der Waals surface area contributed by atoms with Crippen molar-refractivity contribution in [2.75, 3.05) is 10.6 Å². The molecule has 1 unspecified atom stereocenters. The van der Waals surface area contributed by atoms with E-state index in [1.165, 1.54) is 0 Å². The van der Waals surface area contributed by atoms with Crippen molar-refractivity contribution >= 4 is 28.9 Å². The van der Waals surface area contributed by atoms with Gasteiger partial charge in [-0.15, -0.1) is 16.4 Å². The molecular formula is C22H19N7OS. The van der Waals surface area contributed by atoms with Crippen molar-refractivity contribution in [2.24, 2.45) is 0 Å². The van der Waals surface area contributed by atoms with Gasteiger partial charge >= 0.3 is 0 Å². The van der Waals surface area contributed by atoms with Crippen molar-refractivity contribution in [3.8, 4) is 11.4 Å². The molecule has 0 spiro atoms. The van der Waals surface area contributed by atoms with Gasteiger partial charge in [-0.2, -0.15) is 4.98 Å². The minimum atomic E-state index is -0.393. The van der Waals surface area contributed by atoms with Crippen molar-refractivity contribution in [1.82, 2.24) is 24.7 Å². The Morgan fingerprint density at radius 2 is 1.97 bits per heavy atom. The van der Waals surface area contributed by atoms with Crippen LogP contribution in [-0.2, 0) is 4.79 Å². The van der Waals surface area contributed by atoms with Gasteiger partial charge in [0.05, 0.1) is 17.5 Å². The van der Waals surface area contributed by atoms with Crippen LogP contribution in [0.15, 0.2) is 71.8 Å². The highest BCUT2D eigenvalue weighted by Gasteiger charge is 2.36. The molecule has 0 bridgehead atoms. The van der Waals surface area contributed by atoms with Gasteiger partial charge in [-0.3, -0.25) is 14.8 Å². The molecule has 1 aliphatic heterocycles. The summed E-state index contributed by atoms with van der Waals surface area (Å²) in [5, 5.41) is 13.0. The molecule has 0 fully saturated rings. The van der Waals surface area contributed by atoms with Crippen LogP contribution in [0.5, 0.6) is 0 Å². The zero-order chi connectivity index (χ0) is 21.4. The average Bonchev–Trinajstić information content (AvgIpc) is 3.40. The van der Waals surface area contributed by atoms with E-state index in [1.807, 2.05) is 43.5 Å². The molecule has 4 aromatic heterocycles. The van der Waals surface area contributed by atoms with Crippen LogP contribution in [0.4, 0.5) is 11.6 Å². The largest absolute Gasteiger partial charge is 0.328 e. The predicted octanol–water partition coefficient (Wildman–Crippen LogP) is 4.03. The van der Waals surface area contributed by atoms with Gasteiger partial charge in [-0.25, -0.2) is 4.68 Å². The summed E-state index contributed by atoms with van der Waals surface area (Å²) in [7, 11) is 0. The van der Waals surface area contributed by atoms with E-state index in [0.717, 1.165) is 21.7 Å². The lowest BCUT2D eigenvalue weighted by Gasteiger charge is -2.28. The number of nitrogens with zero attached hydrogens (tertiary/aromatic N) is 5. The summed E-state index contributed by atoms with van der Waals surface area (Å²) >= 11 is 1.60. The maximum atomic E-state index is 13.4. The van der Waals surface area contributed by atoms with Crippen LogP contribution < -0.4 is 10.6 Å². The number of aryl methyl sites for hydroxylation is 1. The first-order valence-electron chi connectivity index (χ1n) is 9.72. The van der Waals surface area contributed by atoms with E-state index in [1.54, 1.807) is 46.9 Å². The molecule has 0 aromatic carbocycles. The lowest BCUT2D eigenvalue weighted by Crippen LogP contribution is -2.31. The normalized spacial score (nSPS) is 15.4. The van der Waals surface area contributed by atoms with E-state index in [2.05, 4.69) is 25.6 Å². The van der Waals surface area contributed by atoms with Gasteiger partial charge in [0.1, 0.15) is 6.04 Å². The lowest BCUT2D eigenvalue weighted by molar-refractivity contribution is -0.113. The molecule has 1 amide bonds. The summed E-state index contributed by atoms with van der Waals surface area (Å²) in [6.07, 6.45) is 6.71. The van der Waals surface area contributed by atoms with Crippen LogP contribution in [0, 0.1) is 6.92 Å². The minimum absolute atomic E-state index is 0.206. The first kappa shape index (κ1) is 19.1. The van der Waals surface area contributed by atoms with Crippen LogP contribution in [0.2, 0.25) is 0 Å². The predicted molar refractivity (Wildman–Crippen MR) is 120 cm³/mol. The zero-order valence-corrected chi connectivity index (χ0v) is 17.7. The van der Waals surface area contributed by atoms with Gasteiger partial charge in [0.2, 0.25) is 5.95 Å². The Kier molecular flexibility index (Phi) is 4.79. The molecule has 31 heavy (non-hydrogen) atoms. The lowest BCUT2D eigenvalue weighted by atomic mass is 9.99. The number of carbonyl (C=O) groups is 1. The SMILES string of the molecule is CC1=C(C(=O)Nc2cccnc2)C(c2sccc2C)n2nc(-c3ccncc3)nc2N1. The standard InChI is InChI=1S/C22H19N7OS/c1-13-7-11-31-19(13)18-17(21(30)26-16-4-3-8-24-12-16)14(2)25-22-27-20(28-29(18)22)15-5-9-23-10-6-15/h3-12,18H,1-2H3,(H,26,30)(H,25,27,28). The fraction of sp³-hybridized carbons (Fsp3) is 0.136. The van der Waals surface area contributed by atoms with Crippen LogP contribution in [0.1, 0.15) is 23.4 Å². The van der Waals surface area contributed by atoms with E-state index in [-0.39, 0.29) is 5.91 Å². The third-order valence-corrected chi connectivity index (χ3v) is 6.18. The number of nitrogens with one attached hydrogen (secondary N) is 2. The van der Waals surface area contributed by atoms with Gasteiger partial charge in [-0.1, -0.05) is 0 Å². The number of aromatic nitrogens is 5. The summed E-state index contributed by atoms with van der Waals surface area (Å²) < 4.78 is 1.79. The van der Waals surface area contributed by atoms with Crippen LogP contribution in [0.3, 0.4) is 0 Å². The molecule has 0 aliphatic carbocycles. The highest BCUT2D eigenvalue weighted by molar-refractivity contribution is 7.10. The number of thiophene rings is 1. The number of rotatable bonds is 4. The van der Waals surface area contributed by atoms with Crippen LogP contribution >= 0.6 is 11.3 Å². The monoisotopic (exact) mass is 429 g/mol. The molecular weight excluding hydrogens is 410 g/mol. The molecule has 5 rings (SSSR count). The third kappa shape index (κ3) is 3.49. The molecule has 0 saturated heterocycles. The summed E-state index contributed by atoms with van der Waals surface area (Å²) in [5.74, 6) is 0.966. The molecule has 1 atom stereocenters. The topological polar surface area (TPSA) is 97.6 Å². The smallest absolute Gasteiger partial charge is 0.255 e. The maximum absolute atomic E-state index is 13.4. The molecule has 154 valence electrons. The van der Waals surface area contributed by atoms with Crippen molar-refractivity contribution in [2.45, 2.75) is 19.9 Å². The Bertz CT molecular complexity index is 1280. The molecule has 1 aliphatic rings. The summed E-state index contributed by atoms with van der Waals surface area (Å²) in [5.41, 5.74) is 3.92. The Morgan fingerprint density at radius 1 is 1.13 bits per heavy atom. The average molecular weight is 430 g/mol. The zero-order valence-electron chi connectivity index (χ0n) is 16.9. The van der Waals surface area contributed by atoms with Crippen molar-refractivity contribution in [1.29, 1.82) is 0 Å². The van der Waals surface area contributed by atoms with Gasteiger partial charge in [-0.05, 0) is 55.1 Å². The number of hydrogen-bond donors (Lipinski definition) is 2. The number of fused-ring (bicyclic) bond motifs is 1. The van der Waals surface area contributed by atoms with E-state index in [0.29, 0.717) is 23.0 Å². The molecule has 5 heterocycles. The van der Waals surface area contributed by atoms with E-state index in [4.69, 9.17) is 5.10 Å². The summed E-state index contributed by atoms with van der Waals surface area (Å²) in [4.78, 5) is 27.3. The molecule has 8 nitrogen and oxygen atoms in total. The molecule has 0 saturated carbocycles. The highest BCUT2D eigenvalue weighted by atomic mass is 32.1. The Balaban J connectivity index is 1.61. The number of hydrogen-bond acceptors (Lipinski definition) is 7. The Hall–Kier alpha value is -3.85. The van der Waals surface area contributed by atoms with Gasteiger partial charge < -0.3 is 10.6 Å². The van der Waals surface area contributed by atoms with Crippen LogP contribution in [0.25, 0.3) is 11.4 Å². The van der Waals surface area contributed by atoms with Crippen molar-refractivity contribution < 1.29 is 4.79 Å². The van der Waals surface area contributed by atoms with E-state index < -0.39 is 6.04 Å². The quantitative estimate of drug-likeness (QED) is 0.508. The summed E-state index contributed by atoms with van der Waals surface area (Å²) in [6.45, 7) is 3.93. The second-order valence-electron chi connectivity index (χ2n) is 7.17. The van der Waals surface area contributed by atoms with Gasteiger partial charge in [0.25, 0.3) is 5.91 Å². The Labute approximate surface area is 182 Å². The minimum Gasteiger partial charge on any atom is -0.328 e. The number of pyridine rings is 2. The maximum Gasteiger partial charge on any atom is 0.255 e. The van der Waals surface area contributed by atoms with E-state index >= 15 is 0 Å². The van der Waals surface area contributed by atoms with Gasteiger partial charge in [0.15, 0.2) is 5.82 Å². The van der Waals surface area contributed by atoms with Crippen molar-refractivity contribution in [3.05, 3.63) is 82.2 Å². The number of carbonyl (C=O) groups excluding carboxylic acids is 1. The molecule has 4 aromatic rings. The Morgan fingerprint density at radius 3 is 2.68 bits per heavy atom. The molecule has 2 N–H and O–H groups in total. The summed E-state index contributed by atoms with van der Waals surface area (Å²) in [6, 6.07) is 8.98. The highest BCUT2D eigenvalue weighted by Crippen LogP contribution is 2.40. The first-order chi connectivity index (χ1) is 15.1. The fourth-order valence-corrected chi connectivity index (χ4v) is 4.63. The number of anilines is 2. The second kappa shape index (κ2) is 7.77. The van der Waals surface area contributed by atoms with Gasteiger partial charge in [0, 0.05) is 34.7 Å². The molecule has 0 radical (unpaired) electrons. The molecule has 9 heteroatoms. The van der Waals surface area contributed by atoms with E-state index in [9.17, 15) is 4.79 Å². The second-order valence-corrected chi connectivity index (χ2v) is 8.12.